The standard InChI is InChI=1S/C19H23FN6S2/c1-13(2)17-21-19(28-24-17)27-18-23-22-16(12-25-10-4-3-5-11-25)26(18)15-8-6-14(20)7-9-15/h6-9,13H,3-5,10-12H2,1-2H3. The van der Waals surface area contributed by atoms with Gasteiger partial charge in [-0.1, -0.05) is 20.3 Å². The number of likely N-dealkylation sites (tertiary alicyclic amines) is 1. The predicted molar refractivity (Wildman–Crippen MR) is 109 cm³/mol. The molecule has 1 fully saturated rings. The molecule has 0 amide bonds. The number of rotatable bonds is 6. The van der Waals surface area contributed by atoms with Crippen molar-refractivity contribution in [3.05, 3.63) is 41.7 Å². The number of aromatic nitrogens is 5. The van der Waals surface area contributed by atoms with E-state index in [1.54, 1.807) is 12.1 Å². The number of hydrogen-bond donors (Lipinski definition) is 0. The molecule has 28 heavy (non-hydrogen) atoms. The van der Waals surface area contributed by atoms with E-state index in [2.05, 4.69) is 38.3 Å². The lowest BCUT2D eigenvalue weighted by Crippen LogP contribution is -2.30. The topological polar surface area (TPSA) is 59.7 Å². The molecule has 3 aromatic rings. The van der Waals surface area contributed by atoms with Crippen LogP contribution in [0, 0.1) is 5.82 Å². The quantitative estimate of drug-likeness (QED) is 0.587. The maximum absolute atomic E-state index is 13.5. The van der Waals surface area contributed by atoms with Crippen LogP contribution in [0.4, 0.5) is 4.39 Å². The van der Waals surface area contributed by atoms with Gasteiger partial charge in [0.05, 0.1) is 6.54 Å². The largest absolute Gasteiger partial charge is 0.296 e. The molecule has 1 saturated heterocycles. The van der Waals surface area contributed by atoms with Crippen LogP contribution in [0.25, 0.3) is 5.69 Å². The number of piperidine rings is 1. The summed E-state index contributed by atoms with van der Waals surface area (Å²) in [6.45, 7) is 7.04. The average Bonchev–Trinajstić information content (AvgIpc) is 3.31. The zero-order chi connectivity index (χ0) is 19.5. The molecule has 0 atom stereocenters. The van der Waals surface area contributed by atoms with Crippen molar-refractivity contribution in [1.29, 1.82) is 0 Å². The van der Waals surface area contributed by atoms with Crippen LogP contribution in [0.5, 0.6) is 0 Å². The molecule has 9 heteroatoms. The summed E-state index contributed by atoms with van der Waals surface area (Å²) in [4.78, 5) is 7.00. The van der Waals surface area contributed by atoms with Gasteiger partial charge in [-0.05, 0) is 73.5 Å². The highest BCUT2D eigenvalue weighted by Crippen LogP contribution is 2.31. The summed E-state index contributed by atoms with van der Waals surface area (Å²) >= 11 is 2.83. The van der Waals surface area contributed by atoms with Crippen molar-refractivity contribution in [3.8, 4) is 5.69 Å². The van der Waals surface area contributed by atoms with Crippen molar-refractivity contribution in [3.63, 3.8) is 0 Å². The van der Waals surface area contributed by atoms with Crippen LogP contribution in [0.3, 0.4) is 0 Å². The van der Waals surface area contributed by atoms with Crippen molar-refractivity contribution in [2.24, 2.45) is 0 Å². The van der Waals surface area contributed by atoms with Gasteiger partial charge in [0.1, 0.15) is 11.6 Å². The first-order valence-electron chi connectivity index (χ1n) is 9.54. The van der Waals surface area contributed by atoms with Crippen LogP contribution >= 0.6 is 23.3 Å². The molecule has 0 unspecified atom stereocenters. The smallest absolute Gasteiger partial charge is 0.203 e. The first-order chi connectivity index (χ1) is 13.6. The highest BCUT2D eigenvalue weighted by atomic mass is 32.2. The van der Waals surface area contributed by atoms with Crippen LogP contribution in [0.2, 0.25) is 0 Å². The lowest BCUT2D eigenvalue weighted by Gasteiger charge is -2.26. The van der Waals surface area contributed by atoms with Crippen LogP contribution in [0.15, 0.2) is 33.8 Å². The predicted octanol–water partition coefficient (Wildman–Crippen LogP) is 4.52. The molecule has 0 spiro atoms. The SMILES string of the molecule is CC(C)c1nsc(Sc2nnc(CN3CCCCC3)n2-c2ccc(F)cc2)n1. The van der Waals surface area contributed by atoms with E-state index >= 15 is 0 Å². The fraction of sp³-hybridized carbons (Fsp3) is 0.474. The van der Waals surface area contributed by atoms with Crippen molar-refractivity contribution in [2.45, 2.75) is 55.1 Å². The Bertz CT molecular complexity index is 915. The van der Waals surface area contributed by atoms with E-state index in [1.165, 1.54) is 54.7 Å². The minimum Gasteiger partial charge on any atom is -0.296 e. The molecule has 0 aliphatic carbocycles. The zero-order valence-corrected chi connectivity index (χ0v) is 17.6. The highest BCUT2D eigenvalue weighted by molar-refractivity contribution is 8.00. The summed E-state index contributed by atoms with van der Waals surface area (Å²) in [5.74, 6) is 1.74. The van der Waals surface area contributed by atoms with Gasteiger partial charge < -0.3 is 0 Å². The van der Waals surface area contributed by atoms with Gasteiger partial charge in [0.2, 0.25) is 5.16 Å². The summed E-state index contributed by atoms with van der Waals surface area (Å²) < 4.78 is 20.7. The Kier molecular flexibility index (Phi) is 6.03. The Balaban J connectivity index is 1.65. The molecule has 0 N–H and O–H groups in total. The van der Waals surface area contributed by atoms with E-state index in [4.69, 9.17) is 0 Å². The molecule has 1 aliphatic heterocycles. The molecule has 0 saturated carbocycles. The minimum atomic E-state index is -0.255. The normalized spacial score (nSPS) is 15.4. The van der Waals surface area contributed by atoms with Crippen LogP contribution in [0.1, 0.15) is 50.7 Å². The molecule has 2 aromatic heterocycles. The maximum atomic E-state index is 13.5. The third-order valence-electron chi connectivity index (χ3n) is 4.72. The van der Waals surface area contributed by atoms with Gasteiger partial charge in [-0.25, -0.2) is 9.37 Å². The second-order valence-corrected chi connectivity index (χ2v) is 9.19. The van der Waals surface area contributed by atoms with Gasteiger partial charge in [0.15, 0.2) is 10.2 Å². The van der Waals surface area contributed by atoms with E-state index in [0.29, 0.717) is 0 Å². The minimum absolute atomic E-state index is 0.255. The molecular weight excluding hydrogens is 395 g/mol. The number of nitrogens with zero attached hydrogens (tertiary/aromatic N) is 6. The molecule has 6 nitrogen and oxygen atoms in total. The fourth-order valence-electron chi connectivity index (χ4n) is 3.21. The molecule has 0 radical (unpaired) electrons. The number of benzene rings is 1. The Morgan fingerprint density at radius 2 is 1.86 bits per heavy atom. The van der Waals surface area contributed by atoms with Gasteiger partial charge in [-0.3, -0.25) is 9.47 Å². The molecule has 4 rings (SSSR count). The van der Waals surface area contributed by atoms with Crippen molar-refractivity contribution in [1.82, 2.24) is 29.0 Å². The van der Waals surface area contributed by atoms with Crippen LogP contribution in [-0.4, -0.2) is 42.1 Å². The van der Waals surface area contributed by atoms with Crippen LogP contribution in [-0.2, 0) is 6.54 Å². The van der Waals surface area contributed by atoms with E-state index in [1.807, 2.05) is 4.57 Å². The second kappa shape index (κ2) is 8.67. The van der Waals surface area contributed by atoms with E-state index < -0.39 is 0 Å². The van der Waals surface area contributed by atoms with E-state index in [0.717, 1.165) is 46.5 Å². The summed E-state index contributed by atoms with van der Waals surface area (Å²) in [7, 11) is 0. The first kappa shape index (κ1) is 19.5. The molecule has 0 bridgehead atoms. The number of halogens is 1. The second-order valence-electron chi connectivity index (χ2n) is 7.22. The Hall–Kier alpha value is -1.84. The van der Waals surface area contributed by atoms with Crippen molar-refractivity contribution < 1.29 is 4.39 Å². The fourth-order valence-corrected chi connectivity index (χ4v) is 4.93. The van der Waals surface area contributed by atoms with Crippen LogP contribution < -0.4 is 0 Å². The number of hydrogen-bond acceptors (Lipinski definition) is 7. The molecule has 1 aliphatic rings. The Labute approximate surface area is 172 Å². The van der Waals surface area contributed by atoms with Gasteiger partial charge in [-0.15, -0.1) is 10.2 Å². The van der Waals surface area contributed by atoms with E-state index in [-0.39, 0.29) is 11.7 Å². The molecule has 148 valence electrons. The molecule has 1 aromatic carbocycles. The Morgan fingerprint density at radius 3 is 2.54 bits per heavy atom. The summed E-state index contributed by atoms with van der Waals surface area (Å²) in [6.07, 6.45) is 3.72. The van der Waals surface area contributed by atoms with Gasteiger partial charge >= 0.3 is 0 Å². The maximum Gasteiger partial charge on any atom is 0.203 e. The summed E-state index contributed by atoms with van der Waals surface area (Å²) in [5.41, 5.74) is 0.856. The van der Waals surface area contributed by atoms with Gasteiger partial charge in [0, 0.05) is 11.6 Å². The van der Waals surface area contributed by atoms with Crippen molar-refractivity contribution in [2.75, 3.05) is 13.1 Å². The summed E-state index contributed by atoms with van der Waals surface area (Å²) in [6, 6.07) is 6.47. The van der Waals surface area contributed by atoms with E-state index in [9.17, 15) is 4.39 Å². The van der Waals surface area contributed by atoms with Gasteiger partial charge in [0.25, 0.3) is 0 Å². The summed E-state index contributed by atoms with van der Waals surface area (Å²) in [5, 5.41) is 9.61. The highest BCUT2D eigenvalue weighted by Gasteiger charge is 2.20. The lowest BCUT2D eigenvalue weighted by atomic mass is 10.1. The Morgan fingerprint density at radius 1 is 1.11 bits per heavy atom. The van der Waals surface area contributed by atoms with Crippen molar-refractivity contribution >= 4 is 23.3 Å². The monoisotopic (exact) mass is 418 g/mol. The lowest BCUT2D eigenvalue weighted by molar-refractivity contribution is 0.214. The zero-order valence-electron chi connectivity index (χ0n) is 16.0. The molecule has 3 heterocycles. The third kappa shape index (κ3) is 4.42. The van der Waals surface area contributed by atoms with Gasteiger partial charge in [-0.2, -0.15) is 4.37 Å². The molecular formula is C19H23FN6S2. The third-order valence-corrected chi connectivity index (χ3v) is 6.43. The average molecular weight is 419 g/mol. The first-order valence-corrected chi connectivity index (χ1v) is 11.1.